The summed E-state index contributed by atoms with van der Waals surface area (Å²) in [6, 6.07) is 5.43. The molecule has 2 heterocycles. The molecule has 24 heavy (non-hydrogen) atoms. The SMILES string of the molecule is CCCO[C@@H]1CCCN(C(=O)Nc2ccc3c(c2)OCCCO3)C1. The minimum absolute atomic E-state index is 0.0886. The lowest BCUT2D eigenvalue weighted by molar-refractivity contribution is 0.0115. The van der Waals surface area contributed by atoms with Gasteiger partial charge in [-0.3, -0.25) is 0 Å². The van der Waals surface area contributed by atoms with Crippen molar-refractivity contribution < 1.29 is 19.0 Å². The zero-order valence-corrected chi connectivity index (χ0v) is 14.3. The van der Waals surface area contributed by atoms with Crippen LogP contribution in [0.2, 0.25) is 0 Å². The lowest BCUT2D eigenvalue weighted by atomic mass is 10.1. The van der Waals surface area contributed by atoms with Crippen LogP contribution in [0.25, 0.3) is 0 Å². The van der Waals surface area contributed by atoms with Gasteiger partial charge < -0.3 is 24.4 Å². The molecular weight excluding hydrogens is 308 g/mol. The maximum absolute atomic E-state index is 12.5. The van der Waals surface area contributed by atoms with Gasteiger partial charge in [0.05, 0.1) is 19.3 Å². The van der Waals surface area contributed by atoms with Gasteiger partial charge in [0.25, 0.3) is 0 Å². The number of nitrogens with zero attached hydrogens (tertiary/aromatic N) is 1. The van der Waals surface area contributed by atoms with Gasteiger partial charge in [-0.1, -0.05) is 6.92 Å². The quantitative estimate of drug-likeness (QED) is 0.918. The first-order valence-electron chi connectivity index (χ1n) is 8.83. The molecule has 0 aliphatic carbocycles. The number of nitrogens with one attached hydrogen (secondary N) is 1. The molecule has 0 spiro atoms. The summed E-state index contributed by atoms with van der Waals surface area (Å²) in [4.78, 5) is 14.3. The molecule has 1 atom stereocenters. The molecule has 1 aromatic rings. The maximum Gasteiger partial charge on any atom is 0.321 e. The summed E-state index contributed by atoms with van der Waals surface area (Å²) in [7, 11) is 0. The fraction of sp³-hybridized carbons (Fsp3) is 0.611. The molecule has 6 nitrogen and oxygen atoms in total. The molecule has 2 aliphatic rings. The van der Waals surface area contributed by atoms with Crippen LogP contribution in [0, 0.1) is 0 Å². The molecule has 0 aromatic heterocycles. The van der Waals surface area contributed by atoms with Crippen molar-refractivity contribution in [1.29, 1.82) is 0 Å². The summed E-state index contributed by atoms with van der Waals surface area (Å²) in [5.41, 5.74) is 0.723. The average molecular weight is 334 g/mol. The number of piperidine rings is 1. The highest BCUT2D eigenvalue weighted by molar-refractivity contribution is 5.89. The smallest absolute Gasteiger partial charge is 0.321 e. The lowest BCUT2D eigenvalue weighted by Gasteiger charge is -2.32. The number of ether oxygens (including phenoxy) is 3. The summed E-state index contributed by atoms with van der Waals surface area (Å²) in [5, 5.41) is 2.95. The highest BCUT2D eigenvalue weighted by Crippen LogP contribution is 2.32. The molecule has 2 amide bonds. The number of carbonyl (C=O) groups excluding carboxylic acids is 1. The van der Waals surface area contributed by atoms with E-state index in [1.165, 1.54) is 0 Å². The number of fused-ring (bicyclic) bond motifs is 1. The topological polar surface area (TPSA) is 60.0 Å². The third-order valence-corrected chi connectivity index (χ3v) is 4.22. The average Bonchev–Trinajstić information content (AvgIpc) is 2.85. The number of urea groups is 1. The maximum atomic E-state index is 12.5. The number of anilines is 1. The Bertz CT molecular complexity index is 564. The first kappa shape index (κ1) is 16.9. The molecule has 0 saturated carbocycles. The molecule has 2 aliphatic heterocycles. The van der Waals surface area contributed by atoms with Gasteiger partial charge in [0.15, 0.2) is 11.5 Å². The molecule has 132 valence electrons. The molecule has 3 rings (SSSR count). The van der Waals surface area contributed by atoms with Gasteiger partial charge in [0.1, 0.15) is 0 Å². The minimum atomic E-state index is -0.0886. The zero-order chi connectivity index (χ0) is 16.8. The van der Waals surface area contributed by atoms with Crippen LogP contribution in [0.5, 0.6) is 11.5 Å². The molecule has 6 heteroatoms. The second-order valence-corrected chi connectivity index (χ2v) is 6.22. The fourth-order valence-electron chi connectivity index (χ4n) is 2.99. The highest BCUT2D eigenvalue weighted by Gasteiger charge is 2.24. The van der Waals surface area contributed by atoms with E-state index in [1.54, 1.807) is 0 Å². The number of hydrogen-bond acceptors (Lipinski definition) is 4. The molecule has 1 aromatic carbocycles. The van der Waals surface area contributed by atoms with Crippen molar-refractivity contribution in [1.82, 2.24) is 4.90 Å². The molecule has 1 saturated heterocycles. The third kappa shape index (κ3) is 4.32. The van der Waals surface area contributed by atoms with Crippen molar-refractivity contribution in [3.05, 3.63) is 18.2 Å². The van der Waals surface area contributed by atoms with E-state index in [0.29, 0.717) is 25.5 Å². The first-order chi connectivity index (χ1) is 11.8. The van der Waals surface area contributed by atoms with Crippen molar-refractivity contribution in [2.24, 2.45) is 0 Å². The summed E-state index contributed by atoms with van der Waals surface area (Å²) in [6.07, 6.45) is 4.01. The Kier molecular flexibility index (Phi) is 5.80. The standard InChI is InChI=1S/C18H26N2O4/c1-2-9-22-15-5-3-8-20(13-15)18(21)19-14-6-7-16-17(12-14)24-11-4-10-23-16/h6-7,12,15H,2-5,8-11,13H2,1H3,(H,19,21)/t15-/m1/s1. The summed E-state index contributed by atoms with van der Waals surface area (Å²) in [6.45, 7) is 5.55. The van der Waals surface area contributed by atoms with E-state index in [-0.39, 0.29) is 12.1 Å². The predicted octanol–water partition coefficient (Wildman–Crippen LogP) is 3.27. The lowest BCUT2D eigenvalue weighted by Crippen LogP contribution is -2.45. The van der Waals surface area contributed by atoms with E-state index < -0.39 is 0 Å². The number of hydrogen-bond donors (Lipinski definition) is 1. The number of rotatable bonds is 4. The molecule has 1 fully saturated rings. The fourth-order valence-corrected chi connectivity index (χ4v) is 2.99. The van der Waals surface area contributed by atoms with E-state index in [2.05, 4.69) is 12.2 Å². The van der Waals surface area contributed by atoms with Crippen LogP contribution in [0.15, 0.2) is 18.2 Å². The Balaban J connectivity index is 1.59. The van der Waals surface area contributed by atoms with Crippen LogP contribution in [0.1, 0.15) is 32.6 Å². The van der Waals surface area contributed by atoms with Crippen LogP contribution in [-0.2, 0) is 4.74 Å². The van der Waals surface area contributed by atoms with Crippen LogP contribution in [-0.4, -0.2) is 49.9 Å². The minimum Gasteiger partial charge on any atom is -0.490 e. The van der Waals surface area contributed by atoms with Crippen LogP contribution in [0.4, 0.5) is 10.5 Å². The predicted molar refractivity (Wildman–Crippen MR) is 91.9 cm³/mol. The van der Waals surface area contributed by atoms with E-state index in [4.69, 9.17) is 14.2 Å². The number of likely N-dealkylation sites (tertiary alicyclic amines) is 1. The van der Waals surface area contributed by atoms with Crippen molar-refractivity contribution >= 4 is 11.7 Å². The van der Waals surface area contributed by atoms with E-state index in [1.807, 2.05) is 23.1 Å². The number of carbonyl (C=O) groups is 1. The molecule has 0 bridgehead atoms. The zero-order valence-electron chi connectivity index (χ0n) is 14.3. The van der Waals surface area contributed by atoms with Crippen LogP contribution in [0.3, 0.4) is 0 Å². The number of amides is 2. The van der Waals surface area contributed by atoms with E-state index in [9.17, 15) is 4.79 Å². The van der Waals surface area contributed by atoms with Gasteiger partial charge in [0, 0.05) is 37.9 Å². The highest BCUT2D eigenvalue weighted by atomic mass is 16.5. The second kappa shape index (κ2) is 8.24. The third-order valence-electron chi connectivity index (χ3n) is 4.22. The normalized spacial score (nSPS) is 20.4. The molecule has 1 N–H and O–H groups in total. The summed E-state index contributed by atoms with van der Waals surface area (Å²) in [5.74, 6) is 1.42. The monoisotopic (exact) mass is 334 g/mol. The van der Waals surface area contributed by atoms with Crippen molar-refractivity contribution in [3.8, 4) is 11.5 Å². The Hall–Kier alpha value is -1.95. The Morgan fingerprint density at radius 1 is 1.29 bits per heavy atom. The first-order valence-corrected chi connectivity index (χ1v) is 8.83. The largest absolute Gasteiger partial charge is 0.490 e. The van der Waals surface area contributed by atoms with Crippen molar-refractivity contribution in [3.63, 3.8) is 0 Å². The van der Waals surface area contributed by atoms with E-state index in [0.717, 1.165) is 50.3 Å². The van der Waals surface area contributed by atoms with Gasteiger partial charge in [-0.25, -0.2) is 4.79 Å². The van der Waals surface area contributed by atoms with Gasteiger partial charge in [-0.05, 0) is 31.4 Å². The van der Waals surface area contributed by atoms with Gasteiger partial charge >= 0.3 is 6.03 Å². The van der Waals surface area contributed by atoms with Gasteiger partial charge in [-0.2, -0.15) is 0 Å². The Labute approximate surface area is 143 Å². The van der Waals surface area contributed by atoms with Crippen LogP contribution < -0.4 is 14.8 Å². The second-order valence-electron chi connectivity index (χ2n) is 6.22. The summed E-state index contributed by atoms with van der Waals surface area (Å²) < 4.78 is 17.1. The van der Waals surface area contributed by atoms with Crippen LogP contribution >= 0.6 is 0 Å². The van der Waals surface area contributed by atoms with Gasteiger partial charge in [-0.15, -0.1) is 0 Å². The number of benzene rings is 1. The summed E-state index contributed by atoms with van der Waals surface area (Å²) >= 11 is 0. The van der Waals surface area contributed by atoms with E-state index >= 15 is 0 Å². The molecule has 0 radical (unpaired) electrons. The van der Waals surface area contributed by atoms with Crippen molar-refractivity contribution in [2.45, 2.75) is 38.7 Å². The molecule has 0 unspecified atom stereocenters. The molecular formula is C18H26N2O4. The Morgan fingerprint density at radius 2 is 2.12 bits per heavy atom. The van der Waals surface area contributed by atoms with Gasteiger partial charge in [0.2, 0.25) is 0 Å². The van der Waals surface area contributed by atoms with Crippen molar-refractivity contribution in [2.75, 3.05) is 38.2 Å². The Morgan fingerprint density at radius 3 is 2.96 bits per heavy atom.